The van der Waals surface area contributed by atoms with Gasteiger partial charge in [0.15, 0.2) is 5.96 Å². The second kappa shape index (κ2) is 12.8. The van der Waals surface area contributed by atoms with Crippen LogP contribution in [0.5, 0.6) is 0 Å². The van der Waals surface area contributed by atoms with E-state index in [0.717, 1.165) is 30.9 Å². The number of nitrogens with one attached hydrogen (secondary N) is 2. The smallest absolute Gasteiger partial charge is 0.191 e. The highest BCUT2D eigenvalue weighted by molar-refractivity contribution is 5.80. The zero-order valence-corrected chi connectivity index (χ0v) is 19.3. The van der Waals surface area contributed by atoms with E-state index in [1.807, 2.05) is 0 Å². The lowest BCUT2D eigenvalue weighted by molar-refractivity contribution is 0.160. The highest BCUT2D eigenvalue weighted by Crippen LogP contribution is 2.25. The van der Waals surface area contributed by atoms with Crippen LogP contribution in [0.1, 0.15) is 78.1 Å². The van der Waals surface area contributed by atoms with Gasteiger partial charge < -0.3 is 20.4 Å². The summed E-state index contributed by atoms with van der Waals surface area (Å²) in [6.45, 7) is 14.0. The van der Waals surface area contributed by atoms with Crippen LogP contribution < -0.4 is 10.6 Å². The first-order valence-corrected chi connectivity index (χ1v) is 12.8. The summed E-state index contributed by atoms with van der Waals surface area (Å²) in [5.41, 5.74) is 0. The van der Waals surface area contributed by atoms with Crippen molar-refractivity contribution in [1.82, 2.24) is 20.4 Å². The summed E-state index contributed by atoms with van der Waals surface area (Å²) in [7, 11) is 0. The molecule has 2 N–H and O–H groups in total. The first-order chi connectivity index (χ1) is 14.3. The van der Waals surface area contributed by atoms with E-state index in [-0.39, 0.29) is 0 Å². The van der Waals surface area contributed by atoms with E-state index in [4.69, 9.17) is 4.99 Å². The van der Waals surface area contributed by atoms with Crippen molar-refractivity contribution in [3.05, 3.63) is 0 Å². The van der Waals surface area contributed by atoms with Crippen molar-refractivity contribution in [2.24, 2.45) is 16.8 Å². The fourth-order valence-electron chi connectivity index (χ4n) is 5.46. The molecule has 0 spiro atoms. The molecular weight excluding hydrogens is 358 g/mol. The Morgan fingerprint density at radius 2 is 1.52 bits per heavy atom. The molecule has 0 aromatic carbocycles. The molecule has 0 aromatic rings. The van der Waals surface area contributed by atoms with Gasteiger partial charge in [0.25, 0.3) is 0 Å². The maximum absolute atomic E-state index is 4.92. The number of nitrogens with zero attached hydrogens (tertiary/aromatic N) is 3. The second-order valence-corrected chi connectivity index (χ2v) is 9.65. The van der Waals surface area contributed by atoms with Crippen molar-refractivity contribution in [2.75, 3.05) is 52.4 Å². The molecule has 0 radical (unpaired) electrons. The molecule has 3 rings (SSSR count). The molecule has 0 aromatic heterocycles. The zero-order chi connectivity index (χ0) is 20.3. The van der Waals surface area contributed by atoms with Gasteiger partial charge >= 0.3 is 0 Å². The van der Waals surface area contributed by atoms with E-state index in [1.165, 1.54) is 103 Å². The number of hydrogen-bond acceptors (Lipinski definition) is 3. The molecule has 0 bridgehead atoms. The quantitative estimate of drug-likeness (QED) is 0.477. The molecule has 2 saturated heterocycles. The van der Waals surface area contributed by atoms with Gasteiger partial charge in [-0.2, -0.15) is 0 Å². The van der Waals surface area contributed by atoms with Gasteiger partial charge in [-0.15, -0.1) is 0 Å². The lowest BCUT2D eigenvalue weighted by atomic mass is 9.88. The van der Waals surface area contributed by atoms with Gasteiger partial charge in [0.2, 0.25) is 0 Å². The second-order valence-electron chi connectivity index (χ2n) is 9.65. The summed E-state index contributed by atoms with van der Waals surface area (Å²) in [4.78, 5) is 10.2. The van der Waals surface area contributed by atoms with Crippen LogP contribution in [0.4, 0.5) is 0 Å². The summed E-state index contributed by atoms with van der Waals surface area (Å²) in [6, 6.07) is 0.586. The van der Waals surface area contributed by atoms with Crippen LogP contribution >= 0.6 is 0 Å². The third-order valence-corrected chi connectivity index (χ3v) is 7.48. The minimum atomic E-state index is 0.586. The van der Waals surface area contributed by atoms with Gasteiger partial charge in [0, 0.05) is 38.8 Å². The number of piperidine rings is 2. The predicted octanol–water partition coefficient (Wildman–Crippen LogP) is 3.71. The first kappa shape index (κ1) is 22.9. The van der Waals surface area contributed by atoms with E-state index in [1.54, 1.807) is 0 Å². The van der Waals surface area contributed by atoms with E-state index in [0.29, 0.717) is 6.04 Å². The number of rotatable bonds is 8. The van der Waals surface area contributed by atoms with Gasteiger partial charge in [0.05, 0.1) is 0 Å². The summed E-state index contributed by atoms with van der Waals surface area (Å²) < 4.78 is 0. The van der Waals surface area contributed by atoms with Crippen LogP contribution in [-0.4, -0.2) is 74.2 Å². The van der Waals surface area contributed by atoms with Crippen molar-refractivity contribution in [3.63, 3.8) is 0 Å². The summed E-state index contributed by atoms with van der Waals surface area (Å²) in [5, 5.41) is 7.22. The molecular formula is C24H47N5. The summed E-state index contributed by atoms with van der Waals surface area (Å²) >= 11 is 0. The predicted molar refractivity (Wildman–Crippen MR) is 125 cm³/mol. The van der Waals surface area contributed by atoms with Crippen molar-refractivity contribution in [3.8, 4) is 0 Å². The fraction of sp³-hybridized carbons (Fsp3) is 0.958. The Morgan fingerprint density at radius 1 is 0.828 bits per heavy atom. The lowest BCUT2D eigenvalue weighted by Crippen LogP contribution is -2.49. The van der Waals surface area contributed by atoms with Crippen LogP contribution in [0.3, 0.4) is 0 Å². The average Bonchev–Trinajstić information content (AvgIpc) is 2.76. The minimum Gasteiger partial charge on any atom is -0.357 e. The molecule has 0 unspecified atom stereocenters. The zero-order valence-electron chi connectivity index (χ0n) is 19.3. The Hall–Kier alpha value is -0.810. The normalized spacial score (nSPS) is 24.7. The highest BCUT2D eigenvalue weighted by Gasteiger charge is 2.23. The molecule has 0 amide bonds. The molecule has 3 fully saturated rings. The third kappa shape index (κ3) is 8.09. The van der Waals surface area contributed by atoms with Gasteiger partial charge in [-0.3, -0.25) is 4.99 Å². The van der Waals surface area contributed by atoms with Gasteiger partial charge in [-0.1, -0.05) is 26.2 Å². The molecule has 1 aliphatic carbocycles. The molecule has 2 aliphatic heterocycles. The minimum absolute atomic E-state index is 0.586. The van der Waals surface area contributed by atoms with E-state index < -0.39 is 0 Å². The monoisotopic (exact) mass is 405 g/mol. The van der Waals surface area contributed by atoms with Crippen molar-refractivity contribution in [1.29, 1.82) is 0 Å². The molecule has 5 nitrogen and oxygen atoms in total. The maximum atomic E-state index is 4.92. The van der Waals surface area contributed by atoms with E-state index in [9.17, 15) is 0 Å². The average molecular weight is 406 g/mol. The van der Waals surface area contributed by atoms with E-state index >= 15 is 0 Å². The molecule has 2 heterocycles. The van der Waals surface area contributed by atoms with Crippen LogP contribution in [0.15, 0.2) is 4.99 Å². The first-order valence-electron chi connectivity index (χ1n) is 12.8. The summed E-state index contributed by atoms with van der Waals surface area (Å²) in [5.74, 6) is 2.88. The summed E-state index contributed by atoms with van der Waals surface area (Å²) in [6.07, 6.45) is 13.8. The Morgan fingerprint density at radius 3 is 2.17 bits per heavy atom. The van der Waals surface area contributed by atoms with Crippen molar-refractivity contribution < 1.29 is 0 Å². The number of guanidine groups is 1. The number of hydrogen-bond donors (Lipinski definition) is 2. The van der Waals surface area contributed by atoms with Gasteiger partial charge in [-0.25, -0.2) is 0 Å². The Kier molecular flexibility index (Phi) is 10.1. The lowest BCUT2D eigenvalue weighted by Gasteiger charge is -2.36. The van der Waals surface area contributed by atoms with Gasteiger partial charge in [-0.05, 0) is 83.3 Å². The van der Waals surface area contributed by atoms with Crippen molar-refractivity contribution >= 4 is 5.96 Å². The van der Waals surface area contributed by atoms with Crippen LogP contribution in [-0.2, 0) is 0 Å². The topological polar surface area (TPSA) is 42.9 Å². The highest BCUT2D eigenvalue weighted by atomic mass is 15.2. The van der Waals surface area contributed by atoms with Crippen molar-refractivity contribution in [2.45, 2.75) is 84.1 Å². The van der Waals surface area contributed by atoms with Gasteiger partial charge in [0.1, 0.15) is 0 Å². The Balaban J connectivity index is 1.34. The molecule has 29 heavy (non-hydrogen) atoms. The fourth-order valence-corrected chi connectivity index (χ4v) is 5.46. The SMILES string of the molecule is CCNC(=NCCC1CCN(CC)CC1)NC1CCN(CC2CCCCC2)CC1. The third-order valence-electron chi connectivity index (χ3n) is 7.48. The van der Waals surface area contributed by atoms with Crippen LogP contribution in [0, 0.1) is 11.8 Å². The molecule has 0 atom stereocenters. The maximum Gasteiger partial charge on any atom is 0.191 e. The molecule has 5 heteroatoms. The molecule has 3 aliphatic rings. The standard InChI is InChI=1S/C24H47N5/c1-3-25-24(26-15-10-21-11-16-28(4-2)17-12-21)27-23-13-18-29(19-14-23)20-22-8-6-5-7-9-22/h21-23H,3-20H2,1-2H3,(H2,25,26,27). The Bertz CT molecular complexity index is 458. The largest absolute Gasteiger partial charge is 0.357 e. The van der Waals surface area contributed by atoms with Crippen LogP contribution in [0.2, 0.25) is 0 Å². The number of likely N-dealkylation sites (tertiary alicyclic amines) is 2. The number of aliphatic imine (C=N–C) groups is 1. The van der Waals surface area contributed by atoms with E-state index in [2.05, 4.69) is 34.3 Å². The Labute approximate surface area is 180 Å². The van der Waals surface area contributed by atoms with Crippen LogP contribution in [0.25, 0.3) is 0 Å². The molecule has 168 valence electrons. The molecule has 1 saturated carbocycles.